The lowest BCUT2D eigenvalue weighted by Gasteiger charge is -2.13. The second-order valence-electron chi connectivity index (χ2n) is 4.30. The van der Waals surface area contributed by atoms with E-state index in [9.17, 15) is 9.59 Å². The molecule has 0 spiro atoms. The molecule has 0 aliphatic heterocycles. The van der Waals surface area contributed by atoms with Crippen LogP contribution in [0.1, 0.15) is 23.6 Å². The van der Waals surface area contributed by atoms with Gasteiger partial charge in [0.2, 0.25) is 5.91 Å². The van der Waals surface area contributed by atoms with Crippen LogP contribution in [-0.4, -0.2) is 17.0 Å². The summed E-state index contributed by atoms with van der Waals surface area (Å²) in [5, 5.41) is 11.4. The van der Waals surface area contributed by atoms with E-state index in [1.807, 2.05) is 32.9 Å². The first-order valence-corrected chi connectivity index (χ1v) is 5.44. The van der Waals surface area contributed by atoms with Crippen LogP contribution in [0, 0.1) is 26.7 Å². The molecule has 0 aromatic heterocycles. The topological polar surface area (TPSA) is 66.4 Å². The summed E-state index contributed by atoms with van der Waals surface area (Å²) >= 11 is 0. The highest BCUT2D eigenvalue weighted by molar-refractivity contribution is 6.04. The number of rotatable bonds is 3. The monoisotopic (exact) mass is 235 g/mol. The zero-order chi connectivity index (χ0) is 13.2. The van der Waals surface area contributed by atoms with Gasteiger partial charge in [-0.2, -0.15) is 0 Å². The molecule has 92 valence electrons. The molecule has 0 fully saturated rings. The van der Waals surface area contributed by atoms with Gasteiger partial charge in [-0.15, -0.1) is 0 Å². The van der Waals surface area contributed by atoms with Gasteiger partial charge in [0, 0.05) is 5.69 Å². The quantitative estimate of drug-likeness (QED) is 0.790. The number of amides is 1. The second kappa shape index (κ2) is 4.99. The Morgan fingerprint density at radius 1 is 1.12 bits per heavy atom. The summed E-state index contributed by atoms with van der Waals surface area (Å²) in [6, 6.07) is 3.83. The van der Waals surface area contributed by atoms with Gasteiger partial charge in [0.1, 0.15) is 5.92 Å². The number of anilines is 1. The Bertz CT molecular complexity index is 466. The number of hydrogen-bond acceptors (Lipinski definition) is 2. The molecule has 1 aromatic carbocycles. The zero-order valence-corrected chi connectivity index (χ0v) is 10.5. The second-order valence-corrected chi connectivity index (χ2v) is 4.30. The van der Waals surface area contributed by atoms with E-state index in [1.165, 1.54) is 6.92 Å². The normalized spacial score (nSPS) is 12.0. The number of nitrogens with one attached hydrogen (secondary N) is 1. The summed E-state index contributed by atoms with van der Waals surface area (Å²) in [5.74, 6) is -2.66. The highest BCUT2D eigenvalue weighted by Crippen LogP contribution is 2.20. The smallest absolute Gasteiger partial charge is 0.315 e. The van der Waals surface area contributed by atoms with Crippen LogP contribution in [0.5, 0.6) is 0 Å². The molecule has 0 bridgehead atoms. The van der Waals surface area contributed by atoms with Crippen molar-refractivity contribution in [2.75, 3.05) is 5.32 Å². The van der Waals surface area contributed by atoms with Gasteiger partial charge in [-0.3, -0.25) is 9.59 Å². The molecule has 0 aliphatic rings. The first-order valence-electron chi connectivity index (χ1n) is 5.44. The van der Waals surface area contributed by atoms with Crippen molar-refractivity contribution in [1.82, 2.24) is 0 Å². The van der Waals surface area contributed by atoms with Crippen LogP contribution in [0.2, 0.25) is 0 Å². The van der Waals surface area contributed by atoms with E-state index in [0.29, 0.717) is 5.69 Å². The number of aliphatic carboxylic acids is 1. The Morgan fingerprint density at radius 2 is 1.65 bits per heavy atom. The van der Waals surface area contributed by atoms with Crippen LogP contribution in [-0.2, 0) is 9.59 Å². The largest absolute Gasteiger partial charge is 0.481 e. The lowest BCUT2D eigenvalue weighted by atomic mass is 10.0. The standard InChI is InChI=1S/C13H17NO3/c1-7-5-9(3)11(6-8(7)2)14-12(15)10(4)13(16)17/h5-6,10H,1-4H3,(H,14,15)(H,16,17). The Kier molecular flexibility index (Phi) is 3.89. The number of hydrogen-bond donors (Lipinski definition) is 2. The number of carbonyl (C=O) groups excluding carboxylic acids is 1. The first-order chi connectivity index (χ1) is 7.82. The number of carboxylic acid groups (broad SMARTS) is 1. The van der Waals surface area contributed by atoms with Gasteiger partial charge in [-0.05, 0) is 50.5 Å². The molecule has 1 unspecified atom stereocenters. The van der Waals surface area contributed by atoms with Crippen LogP contribution in [0.15, 0.2) is 12.1 Å². The van der Waals surface area contributed by atoms with Gasteiger partial charge >= 0.3 is 5.97 Å². The summed E-state index contributed by atoms with van der Waals surface area (Å²) in [6.07, 6.45) is 0. The number of carboxylic acids is 1. The molecular formula is C13H17NO3. The van der Waals surface area contributed by atoms with Crippen molar-refractivity contribution in [2.24, 2.45) is 5.92 Å². The minimum absolute atomic E-state index is 0.496. The molecule has 0 aliphatic carbocycles. The van der Waals surface area contributed by atoms with Crippen LogP contribution >= 0.6 is 0 Å². The summed E-state index contributed by atoms with van der Waals surface area (Å²) in [6.45, 7) is 7.19. The van der Waals surface area contributed by atoms with Gasteiger partial charge in [0.15, 0.2) is 0 Å². The van der Waals surface area contributed by atoms with E-state index in [2.05, 4.69) is 5.32 Å². The molecule has 1 aromatic rings. The molecule has 0 radical (unpaired) electrons. The van der Waals surface area contributed by atoms with Crippen LogP contribution in [0.25, 0.3) is 0 Å². The lowest BCUT2D eigenvalue weighted by Crippen LogP contribution is -2.27. The fourth-order valence-corrected chi connectivity index (χ4v) is 1.45. The van der Waals surface area contributed by atoms with Gasteiger partial charge in [-0.1, -0.05) is 6.07 Å². The third-order valence-corrected chi connectivity index (χ3v) is 2.86. The Balaban J connectivity index is 2.93. The summed E-state index contributed by atoms with van der Waals surface area (Å²) in [5.41, 5.74) is 3.81. The Morgan fingerprint density at radius 3 is 2.18 bits per heavy atom. The number of aryl methyl sites for hydroxylation is 3. The highest BCUT2D eigenvalue weighted by Gasteiger charge is 2.20. The molecular weight excluding hydrogens is 218 g/mol. The molecule has 1 atom stereocenters. The van der Waals surface area contributed by atoms with Gasteiger partial charge < -0.3 is 10.4 Å². The maximum absolute atomic E-state index is 11.6. The zero-order valence-electron chi connectivity index (χ0n) is 10.5. The average Bonchev–Trinajstić information content (AvgIpc) is 2.24. The van der Waals surface area contributed by atoms with Crippen molar-refractivity contribution in [1.29, 1.82) is 0 Å². The molecule has 17 heavy (non-hydrogen) atoms. The van der Waals surface area contributed by atoms with Gasteiger partial charge in [0.25, 0.3) is 0 Å². The van der Waals surface area contributed by atoms with Crippen LogP contribution in [0.3, 0.4) is 0 Å². The lowest BCUT2D eigenvalue weighted by molar-refractivity contribution is -0.144. The van der Waals surface area contributed by atoms with Gasteiger partial charge in [-0.25, -0.2) is 0 Å². The molecule has 1 amide bonds. The molecule has 0 saturated heterocycles. The molecule has 1 rings (SSSR count). The van der Waals surface area contributed by atoms with E-state index in [4.69, 9.17) is 5.11 Å². The van der Waals surface area contributed by atoms with Gasteiger partial charge in [0.05, 0.1) is 0 Å². The summed E-state index contributed by atoms with van der Waals surface area (Å²) in [4.78, 5) is 22.3. The highest BCUT2D eigenvalue weighted by atomic mass is 16.4. The maximum atomic E-state index is 11.6. The Hall–Kier alpha value is -1.84. The third kappa shape index (κ3) is 3.06. The van der Waals surface area contributed by atoms with E-state index < -0.39 is 17.8 Å². The fourth-order valence-electron chi connectivity index (χ4n) is 1.45. The summed E-state index contributed by atoms with van der Waals surface area (Å²) in [7, 11) is 0. The van der Waals surface area contributed by atoms with Crippen molar-refractivity contribution < 1.29 is 14.7 Å². The van der Waals surface area contributed by atoms with E-state index in [0.717, 1.165) is 16.7 Å². The predicted octanol–water partition coefficient (Wildman–Crippen LogP) is 2.27. The molecule has 0 heterocycles. The minimum atomic E-state index is -1.12. The van der Waals surface area contributed by atoms with Crippen molar-refractivity contribution in [2.45, 2.75) is 27.7 Å². The van der Waals surface area contributed by atoms with Crippen LogP contribution in [0.4, 0.5) is 5.69 Å². The molecule has 2 N–H and O–H groups in total. The minimum Gasteiger partial charge on any atom is -0.481 e. The average molecular weight is 235 g/mol. The fraction of sp³-hybridized carbons (Fsp3) is 0.385. The number of carbonyl (C=O) groups is 2. The van der Waals surface area contributed by atoms with Crippen molar-refractivity contribution in [3.8, 4) is 0 Å². The van der Waals surface area contributed by atoms with Crippen molar-refractivity contribution in [3.63, 3.8) is 0 Å². The molecule has 0 saturated carbocycles. The number of benzene rings is 1. The first kappa shape index (κ1) is 13.2. The molecule has 4 nitrogen and oxygen atoms in total. The molecule has 4 heteroatoms. The van der Waals surface area contributed by atoms with Crippen LogP contribution < -0.4 is 5.32 Å². The van der Waals surface area contributed by atoms with Crippen molar-refractivity contribution in [3.05, 3.63) is 28.8 Å². The van der Waals surface area contributed by atoms with Crippen molar-refractivity contribution >= 4 is 17.6 Å². The summed E-state index contributed by atoms with van der Waals surface area (Å²) < 4.78 is 0. The van der Waals surface area contributed by atoms with E-state index >= 15 is 0 Å². The Labute approximate surface area is 101 Å². The van der Waals surface area contributed by atoms with E-state index in [1.54, 1.807) is 0 Å². The third-order valence-electron chi connectivity index (χ3n) is 2.86. The SMILES string of the molecule is Cc1cc(C)c(NC(=O)C(C)C(=O)O)cc1C. The maximum Gasteiger partial charge on any atom is 0.315 e. The predicted molar refractivity (Wildman–Crippen MR) is 66.1 cm³/mol. The van der Waals surface area contributed by atoms with E-state index in [-0.39, 0.29) is 0 Å².